The molecule has 3 nitrogen and oxygen atoms in total. The fourth-order valence-corrected chi connectivity index (χ4v) is 0.770. The third-order valence-electron chi connectivity index (χ3n) is 1.27. The van der Waals surface area contributed by atoms with Crippen LogP contribution in [0.5, 0.6) is 5.88 Å². The number of aromatic nitrogens is 1. The molecule has 1 aromatic rings. The van der Waals surface area contributed by atoms with Gasteiger partial charge in [0.15, 0.2) is 0 Å². The lowest BCUT2D eigenvalue weighted by Gasteiger charge is -2.06. The van der Waals surface area contributed by atoms with Crippen LogP contribution >= 0.6 is 12.4 Å². The van der Waals surface area contributed by atoms with E-state index in [1.165, 1.54) is 6.20 Å². The van der Waals surface area contributed by atoms with Crippen LogP contribution in [0.25, 0.3) is 0 Å². The van der Waals surface area contributed by atoms with Gasteiger partial charge in [-0.1, -0.05) is 6.07 Å². The fourth-order valence-electron chi connectivity index (χ4n) is 0.770. The first-order chi connectivity index (χ1) is 5.74. The monoisotopic (exact) mass is 210 g/mol. The van der Waals surface area contributed by atoms with Crippen molar-refractivity contribution in [2.75, 3.05) is 0 Å². The second-order valence-electron chi connectivity index (χ2n) is 2.05. The Morgan fingerprint density at radius 3 is 2.77 bits per heavy atom. The Morgan fingerprint density at radius 1 is 1.54 bits per heavy atom. The molecule has 0 spiro atoms. The van der Waals surface area contributed by atoms with Crippen LogP contribution in [0.3, 0.4) is 0 Å². The molecule has 1 heterocycles. The zero-order valence-electron chi connectivity index (χ0n) is 6.61. The molecular weight excluding hydrogens is 202 g/mol. The highest BCUT2D eigenvalue weighted by molar-refractivity contribution is 5.85. The standard InChI is InChI=1S/C7H8F2N2O.ClH/c8-7(9)12-6-5(4-10)2-1-3-11-6;/h1-3,7H,4,10H2;1H. The molecule has 1 aromatic heterocycles. The Labute approximate surface area is 80.3 Å². The summed E-state index contributed by atoms with van der Waals surface area (Å²) in [5.74, 6) is -0.102. The van der Waals surface area contributed by atoms with E-state index in [1.807, 2.05) is 0 Å². The van der Waals surface area contributed by atoms with Gasteiger partial charge in [-0.25, -0.2) is 4.98 Å². The average molecular weight is 211 g/mol. The summed E-state index contributed by atoms with van der Waals surface area (Å²) in [5.41, 5.74) is 5.73. The van der Waals surface area contributed by atoms with Crippen molar-refractivity contribution in [2.24, 2.45) is 5.73 Å². The van der Waals surface area contributed by atoms with Gasteiger partial charge in [-0.3, -0.25) is 0 Å². The van der Waals surface area contributed by atoms with Crippen molar-refractivity contribution in [3.63, 3.8) is 0 Å². The molecule has 0 atom stereocenters. The molecule has 0 saturated heterocycles. The highest BCUT2D eigenvalue weighted by Crippen LogP contribution is 2.15. The van der Waals surface area contributed by atoms with Crippen LogP contribution in [-0.2, 0) is 6.54 Å². The van der Waals surface area contributed by atoms with Gasteiger partial charge in [-0.15, -0.1) is 12.4 Å². The quantitative estimate of drug-likeness (QED) is 0.824. The summed E-state index contributed by atoms with van der Waals surface area (Å²) in [5, 5.41) is 0. The lowest BCUT2D eigenvalue weighted by Crippen LogP contribution is -2.08. The van der Waals surface area contributed by atoms with Crippen LogP contribution < -0.4 is 10.5 Å². The Balaban J connectivity index is 0.00000144. The van der Waals surface area contributed by atoms with Gasteiger partial charge in [0, 0.05) is 18.3 Å². The SMILES string of the molecule is Cl.NCc1cccnc1OC(F)F. The van der Waals surface area contributed by atoms with Gasteiger partial charge in [0.05, 0.1) is 0 Å². The molecule has 0 saturated carbocycles. The molecule has 0 unspecified atom stereocenters. The van der Waals surface area contributed by atoms with Gasteiger partial charge >= 0.3 is 6.61 Å². The van der Waals surface area contributed by atoms with E-state index < -0.39 is 6.61 Å². The Hall–Kier alpha value is -0.940. The van der Waals surface area contributed by atoms with Gasteiger partial charge in [0.2, 0.25) is 5.88 Å². The zero-order valence-corrected chi connectivity index (χ0v) is 7.43. The predicted molar refractivity (Wildman–Crippen MR) is 46.0 cm³/mol. The second-order valence-corrected chi connectivity index (χ2v) is 2.05. The molecular formula is C7H9ClF2N2O. The number of nitrogens with zero attached hydrogens (tertiary/aromatic N) is 1. The van der Waals surface area contributed by atoms with E-state index in [1.54, 1.807) is 12.1 Å². The maximum absolute atomic E-state index is 11.7. The summed E-state index contributed by atoms with van der Waals surface area (Å²) >= 11 is 0. The fraction of sp³-hybridized carbons (Fsp3) is 0.286. The van der Waals surface area contributed by atoms with Crippen molar-refractivity contribution < 1.29 is 13.5 Å². The van der Waals surface area contributed by atoms with Gasteiger partial charge in [0.25, 0.3) is 0 Å². The first kappa shape index (κ1) is 12.1. The van der Waals surface area contributed by atoms with E-state index in [0.29, 0.717) is 5.56 Å². The number of hydrogen-bond acceptors (Lipinski definition) is 3. The minimum absolute atomic E-state index is 0. The predicted octanol–water partition coefficient (Wildman–Crippen LogP) is 1.56. The smallest absolute Gasteiger partial charge is 0.388 e. The molecule has 0 radical (unpaired) electrons. The van der Waals surface area contributed by atoms with Crippen molar-refractivity contribution in [2.45, 2.75) is 13.2 Å². The van der Waals surface area contributed by atoms with Gasteiger partial charge in [-0.05, 0) is 6.07 Å². The minimum atomic E-state index is -2.86. The van der Waals surface area contributed by atoms with E-state index in [-0.39, 0.29) is 24.8 Å². The molecule has 0 fully saturated rings. The second kappa shape index (κ2) is 5.66. The molecule has 0 bridgehead atoms. The number of halogens is 3. The molecule has 0 aromatic carbocycles. The summed E-state index contributed by atoms with van der Waals surface area (Å²) in [7, 11) is 0. The normalized spacial score (nSPS) is 9.54. The molecule has 0 aliphatic carbocycles. The molecule has 0 aliphatic heterocycles. The van der Waals surface area contributed by atoms with Crippen molar-refractivity contribution in [3.05, 3.63) is 23.9 Å². The van der Waals surface area contributed by atoms with E-state index >= 15 is 0 Å². The third kappa shape index (κ3) is 3.52. The third-order valence-corrected chi connectivity index (χ3v) is 1.27. The number of ether oxygens (including phenoxy) is 1. The molecule has 0 amide bonds. The Bertz CT molecular complexity index is 260. The largest absolute Gasteiger partial charge is 0.417 e. The van der Waals surface area contributed by atoms with Gasteiger partial charge in [-0.2, -0.15) is 8.78 Å². The van der Waals surface area contributed by atoms with Crippen LogP contribution in [0.4, 0.5) is 8.78 Å². The first-order valence-corrected chi connectivity index (χ1v) is 3.33. The number of alkyl halides is 2. The molecule has 13 heavy (non-hydrogen) atoms. The maximum Gasteiger partial charge on any atom is 0.388 e. The van der Waals surface area contributed by atoms with E-state index in [0.717, 1.165) is 0 Å². The van der Waals surface area contributed by atoms with Crippen LogP contribution in [0, 0.1) is 0 Å². The number of hydrogen-bond donors (Lipinski definition) is 1. The van der Waals surface area contributed by atoms with Crippen molar-refractivity contribution in [1.29, 1.82) is 0 Å². The maximum atomic E-state index is 11.7. The van der Waals surface area contributed by atoms with Gasteiger partial charge in [0.1, 0.15) is 0 Å². The summed E-state index contributed by atoms with van der Waals surface area (Å²) < 4.78 is 27.6. The molecule has 1 rings (SSSR count). The summed E-state index contributed by atoms with van der Waals surface area (Å²) in [4.78, 5) is 3.61. The topological polar surface area (TPSA) is 48.1 Å². The molecule has 0 aliphatic rings. The van der Waals surface area contributed by atoms with Crippen molar-refractivity contribution in [1.82, 2.24) is 4.98 Å². The zero-order chi connectivity index (χ0) is 8.97. The summed E-state index contributed by atoms with van der Waals surface area (Å²) in [6.07, 6.45) is 1.37. The van der Waals surface area contributed by atoms with E-state index in [9.17, 15) is 8.78 Å². The summed E-state index contributed by atoms with van der Waals surface area (Å²) in [6.45, 7) is -2.72. The Morgan fingerprint density at radius 2 is 2.23 bits per heavy atom. The Kier molecular flexibility index (Phi) is 5.25. The molecule has 6 heteroatoms. The molecule has 2 N–H and O–H groups in total. The number of pyridine rings is 1. The number of rotatable bonds is 3. The highest BCUT2D eigenvalue weighted by atomic mass is 35.5. The van der Waals surface area contributed by atoms with E-state index in [2.05, 4.69) is 9.72 Å². The average Bonchev–Trinajstić information content (AvgIpc) is 2.04. The lowest BCUT2D eigenvalue weighted by molar-refractivity contribution is -0.0534. The number of nitrogens with two attached hydrogens (primary N) is 1. The van der Waals surface area contributed by atoms with Crippen LogP contribution in [0.2, 0.25) is 0 Å². The molecule has 74 valence electrons. The summed E-state index contributed by atoms with van der Waals surface area (Å²) in [6, 6.07) is 3.20. The lowest BCUT2D eigenvalue weighted by atomic mass is 10.3. The highest BCUT2D eigenvalue weighted by Gasteiger charge is 2.08. The first-order valence-electron chi connectivity index (χ1n) is 3.33. The van der Waals surface area contributed by atoms with Crippen molar-refractivity contribution in [3.8, 4) is 5.88 Å². The van der Waals surface area contributed by atoms with Crippen LogP contribution in [0.1, 0.15) is 5.56 Å². The van der Waals surface area contributed by atoms with E-state index in [4.69, 9.17) is 5.73 Å². The van der Waals surface area contributed by atoms with Crippen molar-refractivity contribution >= 4 is 12.4 Å². The van der Waals surface area contributed by atoms with Gasteiger partial charge < -0.3 is 10.5 Å². The van der Waals surface area contributed by atoms with Crippen LogP contribution in [-0.4, -0.2) is 11.6 Å². The van der Waals surface area contributed by atoms with Crippen LogP contribution in [0.15, 0.2) is 18.3 Å². The minimum Gasteiger partial charge on any atom is -0.417 e.